The van der Waals surface area contributed by atoms with E-state index in [1.165, 1.54) is 25.7 Å². The van der Waals surface area contributed by atoms with Gasteiger partial charge < -0.3 is 20.3 Å². The highest BCUT2D eigenvalue weighted by atomic mass is 32.2. The lowest BCUT2D eigenvalue weighted by molar-refractivity contribution is -0.00517. The zero-order valence-corrected chi connectivity index (χ0v) is 16.7. The minimum absolute atomic E-state index is 0.126. The van der Waals surface area contributed by atoms with Gasteiger partial charge in [0, 0.05) is 30.6 Å². The maximum Gasteiger partial charge on any atom is 0.319 e. The number of carbonyl (C=O) groups excluding carboxylic acids is 1. The second-order valence-corrected chi connectivity index (χ2v) is 8.75. The lowest BCUT2D eigenvalue weighted by Crippen LogP contribution is -2.45. The van der Waals surface area contributed by atoms with E-state index in [9.17, 15) is 4.79 Å². The number of ether oxygens (including phenoxy) is 1. The van der Waals surface area contributed by atoms with Crippen LogP contribution in [0.15, 0.2) is 24.3 Å². The number of rotatable bonds is 6. The van der Waals surface area contributed by atoms with Crippen LogP contribution >= 0.6 is 11.8 Å². The van der Waals surface area contributed by atoms with Crippen molar-refractivity contribution in [1.82, 2.24) is 5.32 Å². The number of thioether (sulfide) groups is 1. The minimum atomic E-state index is -0.126. The van der Waals surface area contributed by atoms with Crippen molar-refractivity contribution >= 4 is 29.2 Å². The molecule has 1 saturated carbocycles. The van der Waals surface area contributed by atoms with Gasteiger partial charge in [-0.25, -0.2) is 4.79 Å². The third-order valence-electron chi connectivity index (χ3n) is 4.96. The van der Waals surface area contributed by atoms with Gasteiger partial charge in [0.2, 0.25) is 0 Å². The molecule has 0 aromatic heterocycles. The molecule has 0 radical (unpaired) electrons. The summed E-state index contributed by atoms with van der Waals surface area (Å²) in [4.78, 5) is 14.6. The van der Waals surface area contributed by atoms with Crippen molar-refractivity contribution in [3.05, 3.63) is 24.3 Å². The zero-order valence-electron chi connectivity index (χ0n) is 15.9. The standard InChI is InChI=1S/C20H31N3O2S/c1-15-13-23(14-16(2)25-15)19-10-6-5-9-18(19)22-20(24)21-11-12-26-17-7-3-4-8-17/h5-6,9-10,15-17H,3-4,7-8,11-14H2,1-2H3,(H2,21,22,24)/t15-,16+. The molecule has 144 valence electrons. The third kappa shape index (κ3) is 5.55. The zero-order chi connectivity index (χ0) is 18.4. The SMILES string of the molecule is C[C@@H]1CN(c2ccccc2NC(=O)NCCSC2CCCC2)C[C@H](C)O1. The Morgan fingerprint density at radius 1 is 1.19 bits per heavy atom. The maximum atomic E-state index is 12.3. The second-order valence-electron chi connectivity index (χ2n) is 7.34. The van der Waals surface area contributed by atoms with Crippen molar-refractivity contribution in [3.63, 3.8) is 0 Å². The molecule has 2 fully saturated rings. The second kappa shape index (κ2) is 9.51. The predicted octanol–water partition coefficient (Wildman–Crippen LogP) is 4.10. The molecule has 1 aromatic carbocycles. The highest BCUT2D eigenvalue weighted by Gasteiger charge is 2.24. The van der Waals surface area contributed by atoms with Crippen molar-refractivity contribution < 1.29 is 9.53 Å². The summed E-state index contributed by atoms with van der Waals surface area (Å²) in [5.41, 5.74) is 1.92. The molecule has 26 heavy (non-hydrogen) atoms. The van der Waals surface area contributed by atoms with E-state index < -0.39 is 0 Å². The Labute approximate surface area is 161 Å². The first-order valence-electron chi connectivity index (χ1n) is 9.77. The highest BCUT2D eigenvalue weighted by Crippen LogP contribution is 2.29. The highest BCUT2D eigenvalue weighted by molar-refractivity contribution is 7.99. The summed E-state index contributed by atoms with van der Waals surface area (Å²) in [6, 6.07) is 7.88. The van der Waals surface area contributed by atoms with E-state index in [1.807, 2.05) is 30.0 Å². The van der Waals surface area contributed by atoms with Crippen molar-refractivity contribution in [2.45, 2.75) is 57.0 Å². The van der Waals surface area contributed by atoms with Crippen LogP contribution in [0.3, 0.4) is 0 Å². The fourth-order valence-corrected chi connectivity index (χ4v) is 5.06. The Kier molecular flexibility index (Phi) is 7.08. The van der Waals surface area contributed by atoms with Crippen LogP contribution in [0.2, 0.25) is 0 Å². The maximum absolute atomic E-state index is 12.3. The van der Waals surface area contributed by atoms with Gasteiger partial charge in [-0.15, -0.1) is 0 Å². The molecule has 1 saturated heterocycles. The molecule has 6 heteroatoms. The van der Waals surface area contributed by atoms with E-state index in [0.29, 0.717) is 6.54 Å². The molecular formula is C20H31N3O2S. The fourth-order valence-electron chi connectivity index (χ4n) is 3.84. The molecule has 2 amide bonds. The number of para-hydroxylation sites is 2. The van der Waals surface area contributed by atoms with Crippen molar-refractivity contribution in [2.75, 3.05) is 35.6 Å². The Balaban J connectivity index is 1.50. The smallest absolute Gasteiger partial charge is 0.319 e. The van der Waals surface area contributed by atoms with Gasteiger partial charge in [-0.1, -0.05) is 25.0 Å². The van der Waals surface area contributed by atoms with Crippen LogP contribution in [0.1, 0.15) is 39.5 Å². The van der Waals surface area contributed by atoms with Gasteiger partial charge in [-0.3, -0.25) is 0 Å². The lowest BCUT2D eigenvalue weighted by Gasteiger charge is -2.37. The van der Waals surface area contributed by atoms with Crippen LogP contribution in [0, 0.1) is 0 Å². The van der Waals surface area contributed by atoms with Crippen LogP contribution in [-0.4, -0.2) is 48.9 Å². The number of urea groups is 1. The Morgan fingerprint density at radius 3 is 2.62 bits per heavy atom. The Hall–Kier alpha value is -1.40. The van der Waals surface area contributed by atoms with E-state index in [2.05, 4.69) is 35.4 Å². The molecular weight excluding hydrogens is 346 g/mol. The largest absolute Gasteiger partial charge is 0.372 e. The van der Waals surface area contributed by atoms with Crippen molar-refractivity contribution in [1.29, 1.82) is 0 Å². The van der Waals surface area contributed by atoms with E-state index >= 15 is 0 Å². The number of anilines is 2. The van der Waals surface area contributed by atoms with E-state index in [4.69, 9.17) is 4.74 Å². The van der Waals surface area contributed by atoms with Gasteiger partial charge in [0.25, 0.3) is 0 Å². The summed E-state index contributed by atoms with van der Waals surface area (Å²) in [5, 5.41) is 6.81. The van der Waals surface area contributed by atoms with Gasteiger partial charge in [-0.2, -0.15) is 11.8 Å². The first-order chi connectivity index (χ1) is 12.6. The van der Waals surface area contributed by atoms with Crippen LogP contribution in [-0.2, 0) is 4.74 Å². The van der Waals surface area contributed by atoms with Gasteiger partial charge in [-0.05, 0) is 38.8 Å². The topological polar surface area (TPSA) is 53.6 Å². The summed E-state index contributed by atoms with van der Waals surface area (Å²) in [6.45, 7) is 6.56. The molecule has 0 bridgehead atoms. The van der Waals surface area contributed by atoms with Crippen molar-refractivity contribution in [2.24, 2.45) is 0 Å². The summed E-state index contributed by atoms with van der Waals surface area (Å²) in [6.07, 6.45) is 5.77. The molecule has 2 aliphatic rings. The Bertz CT molecular complexity index is 582. The van der Waals surface area contributed by atoms with Crippen LogP contribution < -0.4 is 15.5 Å². The minimum Gasteiger partial charge on any atom is -0.372 e. The predicted molar refractivity (Wildman–Crippen MR) is 110 cm³/mol. The molecule has 1 heterocycles. The quantitative estimate of drug-likeness (QED) is 0.733. The van der Waals surface area contributed by atoms with Gasteiger partial charge in [0.1, 0.15) is 0 Å². The van der Waals surface area contributed by atoms with Crippen LogP contribution in [0.5, 0.6) is 0 Å². The summed E-state index contributed by atoms with van der Waals surface area (Å²) in [7, 11) is 0. The van der Waals surface area contributed by atoms with E-state index in [-0.39, 0.29) is 18.2 Å². The summed E-state index contributed by atoms with van der Waals surface area (Å²) >= 11 is 1.99. The first-order valence-corrected chi connectivity index (χ1v) is 10.8. The number of hydrogen-bond donors (Lipinski definition) is 2. The first kappa shape index (κ1) is 19.4. The molecule has 1 aliphatic carbocycles. The molecule has 5 nitrogen and oxygen atoms in total. The number of nitrogens with zero attached hydrogens (tertiary/aromatic N) is 1. The van der Waals surface area contributed by atoms with Gasteiger partial charge in [0.05, 0.1) is 23.6 Å². The molecule has 3 rings (SSSR count). The Morgan fingerprint density at radius 2 is 1.88 bits per heavy atom. The van der Waals surface area contributed by atoms with Crippen LogP contribution in [0.4, 0.5) is 16.2 Å². The number of benzene rings is 1. The normalized spacial score (nSPS) is 23.8. The molecule has 2 N–H and O–H groups in total. The average Bonchev–Trinajstić information content (AvgIpc) is 3.12. The monoisotopic (exact) mass is 377 g/mol. The molecule has 0 unspecified atom stereocenters. The summed E-state index contributed by atoms with van der Waals surface area (Å²) in [5.74, 6) is 0.984. The number of nitrogens with one attached hydrogen (secondary N) is 2. The number of amides is 2. The molecule has 1 aromatic rings. The van der Waals surface area contributed by atoms with E-state index in [1.54, 1.807) is 0 Å². The third-order valence-corrected chi connectivity index (χ3v) is 6.34. The summed E-state index contributed by atoms with van der Waals surface area (Å²) < 4.78 is 5.82. The van der Waals surface area contributed by atoms with Crippen LogP contribution in [0.25, 0.3) is 0 Å². The fraction of sp³-hybridized carbons (Fsp3) is 0.650. The number of morpholine rings is 1. The number of hydrogen-bond acceptors (Lipinski definition) is 4. The van der Waals surface area contributed by atoms with E-state index in [0.717, 1.165) is 35.5 Å². The molecule has 1 aliphatic heterocycles. The van der Waals surface area contributed by atoms with Crippen molar-refractivity contribution in [3.8, 4) is 0 Å². The average molecular weight is 378 g/mol. The van der Waals surface area contributed by atoms with Gasteiger partial charge in [0.15, 0.2) is 0 Å². The number of carbonyl (C=O) groups is 1. The molecule has 2 atom stereocenters. The van der Waals surface area contributed by atoms with Gasteiger partial charge >= 0.3 is 6.03 Å². The molecule has 0 spiro atoms. The lowest BCUT2D eigenvalue weighted by atomic mass is 10.1.